The van der Waals surface area contributed by atoms with Crippen LogP contribution < -0.4 is 19.5 Å². The molecule has 1 amide bonds. The molecular weight excluding hydrogens is 410 g/mol. The lowest BCUT2D eigenvalue weighted by Crippen LogP contribution is -2.15. The van der Waals surface area contributed by atoms with Crippen LogP contribution in [0.3, 0.4) is 0 Å². The zero-order chi connectivity index (χ0) is 22.9. The van der Waals surface area contributed by atoms with Gasteiger partial charge in [0.05, 0.1) is 14.2 Å². The molecule has 3 aromatic carbocycles. The maximum absolute atomic E-state index is 12.4. The second kappa shape index (κ2) is 10.9. The van der Waals surface area contributed by atoms with Crippen molar-refractivity contribution in [1.82, 2.24) is 0 Å². The molecule has 166 valence electrons. The number of hydrogen-bond donors (Lipinski definition) is 1. The van der Waals surface area contributed by atoms with E-state index < -0.39 is 5.97 Å². The predicted octanol–water partition coefficient (Wildman–Crippen LogP) is 4.39. The molecule has 7 heteroatoms. The van der Waals surface area contributed by atoms with Crippen molar-refractivity contribution in [2.45, 2.75) is 13.5 Å². The number of anilines is 1. The Morgan fingerprint density at radius 3 is 2.22 bits per heavy atom. The summed E-state index contributed by atoms with van der Waals surface area (Å²) in [6.07, 6.45) is 0. The molecule has 0 saturated carbocycles. The third-order valence-corrected chi connectivity index (χ3v) is 4.63. The van der Waals surface area contributed by atoms with Crippen LogP contribution in [0.5, 0.6) is 17.2 Å². The van der Waals surface area contributed by atoms with Crippen molar-refractivity contribution in [3.8, 4) is 17.2 Å². The molecule has 0 radical (unpaired) electrons. The Balaban J connectivity index is 1.47. The Hall–Kier alpha value is -4.00. The van der Waals surface area contributed by atoms with E-state index in [-0.39, 0.29) is 19.1 Å². The summed E-state index contributed by atoms with van der Waals surface area (Å²) in [6.45, 7) is 1.78. The van der Waals surface area contributed by atoms with E-state index in [0.717, 1.165) is 11.1 Å². The molecule has 0 heterocycles. The summed E-state index contributed by atoms with van der Waals surface area (Å²) in [4.78, 5) is 24.4. The molecule has 3 rings (SSSR count). The Bertz CT molecular complexity index is 1060. The Kier molecular flexibility index (Phi) is 7.70. The molecule has 3 aromatic rings. The van der Waals surface area contributed by atoms with E-state index in [2.05, 4.69) is 5.32 Å². The summed E-state index contributed by atoms with van der Waals surface area (Å²) in [7, 11) is 3.13. The lowest BCUT2D eigenvalue weighted by Gasteiger charge is -2.11. The number of carbonyl (C=O) groups is 2. The second-order valence-corrected chi connectivity index (χ2v) is 6.98. The van der Waals surface area contributed by atoms with Crippen LogP contribution in [0.4, 0.5) is 5.69 Å². The van der Waals surface area contributed by atoms with Crippen molar-refractivity contribution in [3.05, 3.63) is 83.4 Å². The van der Waals surface area contributed by atoms with Gasteiger partial charge in [-0.15, -0.1) is 0 Å². The van der Waals surface area contributed by atoms with Crippen molar-refractivity contribution in [2.75, 3.05) is 26.1 Å². The monoisotopic (exact) mass is 435 g/mol. The minimum absolute atomic E-state index is 0.0770. The summed E-state index contributed by atoms with van der Waals surface area (Å²) in [5, 5.41) is 2.82. The van der Waals surface area contributed by atoms with E-state index in [9.17, 15) is 9.59 Å². The SMILES string of the molecule is COc1ccc(NC(=O)c2ccc(COC(=O)COc3ccc(C)cc3OC)cc2)cc1. The number of ether oxygens (including phenoxy) is 4. The molecule has 32 heavy (non-hydrogen) atoms. The van der Waals surface area contributed by atoms with E-state index in [0.29, 0.717) is 28.5 Å². The highest BCUT2D eigenvalue weighted by molar-refractivity contribution is 6.04. The maximum atomic E-state index is 12.4. The summed E-state index contributed by atoms with van der Waals surface area (Å²) in [5.74, 6) is 1.00. The molecular formula is C25H25NO6. The van der Waals surface area contributed by atoms with Crippen LogP contribution in [-0.4, -0.2) is 32.7 Å². The van der Waals surface area contributed by atoms with Crippen molar-refractivity contribution < 1.29 is 28.5 Å². The number of benzene rings is 3. The first-order chi connectivity index (χ1) is 15.5. The molecule has 0 fully saturated rings. The third kappa shape index (κ3) is 6.25. The summed E-state index contributed by atoms with van der Waals surface area (Å²) < 4.78 is 21.1. The van der Waals surface area contributed by atoms with Gasteiger partial charge in [0, 0.05) is 11.3 Å². The van der Waals surface area contributed by atoms with Crippen LogP contribution in [0.2, 0.25) is 0 Å². The van der Waals surface area contributed by atoms with Gasteiger partial charge >= 0.3 is 5.97 Å². The largest absolute Gasteiger partial charge is 0.497 e. The van der Waals surface area contributed by atoms with E-state index in [1.807, 2.05) is 19.1 Å². The van der Waals surface area contributed by atoms with Crippen LogP contribution in [0, 0.1) is 6.92 Å². The quantitative estimate of drug-likeness (QED) is 0.502. The molecule has 0 aromatic heterocycles. The van der Waals surface area contributed by atoms with Gasteiger partial charge in [-0.3, -0.25) is 4.79 Å². The Morgan fingerprint density at radius 2 is 1.56 bits per heavy atom. The third-order valence-electron chi connectivity index (χ3n) is 4.63. The zero-order valence-electron chi connectivity index (χ0n) is 18.2. The predicted molar refractivity (Wildman–Crippen MR) is 120 cm³/mol. The van der Waals surface area contributed by atoms with Gasteiger partial charge in [-0.2, -0.15) is 0 Å². The van der Waals surface area contributed by atoms with Crippen molar-refractivity contribution in [3.63, 3.8) is 0 Å². The van der Waals surface area contributed by atoms with Crippen LogP contribution in [-0.2, 0) is 16.1 Å². The molecule has 0 aliphatic carbocycles. The minimum Gasteiger partial charge on any atom is -0.497 e. The highest BCUT2D eigenvalue weighted by Crippen LogP contribution is 2.27. The van der Waals surface area contributed by atoms with Crippen LogP contribution in [0.1, 0.15) is 21.5 Å². The smallest absolute Gasteiger partial charge is 0.344 e. The number of esters is 1. The second-order valence-electron chi connectivity index (χ2n) is 6.98. The molecule has 0 atom stereocenters. The average molecular weight is 435 g/mol. The highest BCUT2D eigenvalue weighted by atomic mass is 16.6. The van der Waals surface area contributed by atoms with Crippen molar-refractivity contribution in [1.29, 1.82) is 0 Å². The number of rotatable bonds is 9. The average Bonchev–Trinajstić information content (AvgIpc) is 2.82. The van der Waals surface area contributed by atoms with Gasteiger partial charge in [0.2, 0.25) is 0 Å². The Morgan fingerprint density at radius 1 is 0.844 bits per heavy atom. The zero-order valence-corrected chi connectivity index (χ0v) is 18.2. The molecule has 0 aliphatic rings. The van der Waals surface area contributed by atoms with Crippen molar-refractivity contribution >= 4 is 17.6 Å². The molecule has 0 saturated heterocycles. The first-order valence-corrected chi connectivity index (χ1v) is 9.96. The van der Waals surface area contributed by atoms with Gasteiger partial charge in [0.15, 0.2) is 18.1 Å². The lowest BCUT2D eigenvalue weighted by molar-refractivity contribution is -0.147. The number of aryl methyl sites for hydroxylation is 1. The van der Waals surface area contributed by atoms with E-state index in [1.165, 1.54) is 0 Å². The van der Waals surface area contributed by atoms with E-state index in [1.54, 1.807) is 68.8 Å². The van der Waals surface area contributed by atoms with Crippen molar-refractivity contribution in [2.24, 2.45) is 0 Å². The molecule has 7 nitrogen and oxygen atoms in total. The Labute approximate surface area is 186 Å². The van der Waals surface area contributed by atoms with Gasteiger partial charge in [-0.25, -0.2) is 4.79 Å². The van der Waals surface area contributed by atoms with Gasteiger partial charge < -0.3 is 24.3 Å². The van der Waals surface area contributed by atoms with Gasteiger partial charge in [0.1, 0.15) is 12.4 Å². The highest BCUT2D eigenvalue weighted by Gasteiger charge is 2.10. The normalized spacial score (nSPS) is 10.2. The summed E-state index contributed by atoms with van der Waals surface area (Å²) in [6, 6.07) is 19.3. The minimum atomic E-state index is -0.506. The summed E-state index contributed by atoms with van der Waals surface area (Å²) in [5.41, 5.74) is 2.94. The van der Waals surface area contributed by atoms with E-state index in [4.69, 9.17) is 18.9 Å². The number of carbonyl (C=O) groups excluding carboxylic acids is 2. The number of hydrogen-bond acceptors (Lipinski definition) is 6. The van der Waals surface area contributed by atoms with Gasteiger partial charge in [-0.1, -0.05) is 18.2 Å². The molecule has 0 aliphatic heterocycles. The van der Waals surface area contributed by atoms with Crippen LogP contribution in [0.25, 0.3) is 0 Å². The van der Waals surface area contributed by atoms with Crippen LogP contribution in [0.15, 0.2) is 66.7 Å². The van der Waals surface area contributed by atoms with Gasteiger partial charge in [-0.05, 0) is 66.6 Å². The molecule has 0 bridgehead atoms. The molecule has 0 spiro atoms. The standard InChI is InChI=1S/C25H25NO6/c1-17-4-13-22(23(14-17)30-3)31-16-24(27)32-15-18-5-7-19(8-6-18)25(28)26-20-9-11-21(29-2)12-10-20/h4-14H,15-16H2,1-3H3,(H,26,28). The number of methoxy groups -OCH3 is 2. The number of nitrogens with one attached hydrogen (secondary N) is 1. The first-order valence-electron chi connectivity index (χ1n) is 9.96. The summed E-state index contributed by atoms with van der Waals surface area (Å²) >= 11 is 0. The molecule has 1 N–H and O–H groups in total. The number of amides is 1. The fourth-order valence-corrected chi connectivity index (χ4v) is 2.87. The lowest BCUT2D eigenvalue weighted by atomic mass is 10.1. The topological polar surface area (TPSA) is 83.1 Å². The van der Waals surface area contributed by atoms with Crippen LogP contribution >= 0.6 is 0 Å². The van der Waals surface area contributed by atoms with E-state index >= 15 is 0 Å². The molecule has 0 unspecified atom stereocenters. The first kappa shape index (κ1) is 22.7. The maximum Gasteiger partial charge on any atom is 0.344 e. The fraction of sp³-hybridized carbons (Fsp3) is 0.200. The van der Waals surface area contributed by atoms with Gasteiger partial charge in [0.25, 0.3) is 5.91 Å². The fourth-order valence-electron chi connectivity index (χ4n) is 2.87.